The van der Waals surface area contributed by atoms with Gasteiger partial charge in [-0.15, -0.1) is 5.10 Å². The fraction of sp³-hybridized carbons (Fsp3) is 0.283. The van der Waals surface area contributed by atoms with Crippen LogP contribution in [0.2, 0.25) is 0 Å². The van der Waals surface area contributed by atoms with Gasteiger partial charge in [0.15, 0.2) is 6.29 Å². The van der Waals surface area contributed by atoms with E-state index in [-0.39, 0.29) is 30.6 Å². The van der Waals surface area contributed by atoms with Gasteiger partial charge >= 0.3 is 0 Å². The van der Waals surface area contributed by atoms with Gasteiger partial charge in [0.05, 0.1) is 35.9 Å². The number of unbranched alkanes of at least 4 members (excludes halogenated alkanes) is 3. The van der Waals surface area contributed by atoms with E-state index >= 15 is 0 Å². The van der Waals surface area contributed by atoms with Crippen LogP contribution in [0.3, 0.4) is 0 Å². The van der Waals surface area contributed by atoms with Gasteiger partial charge < -0.3 is 30.9 Å². The standard InChI is InChI=1S/C46H49N7O5S/c47-40-16-10-11-17-41(40)49-44(56)19-7-2-1-6-18-43(55)48-29-36-12-8-9-15-39(36)33-24-26-35(27-25-33)45-57-38(28-42(58-45)34-22-20-32(30-54)21-23-34)31-59-46-50-51-52-53(46)37-13-4-3-5-14-37/h3-5,8-17,20-27,38,42,45,54H,1-2,6-7,18-19,28-31,47H2,(H,48,55)(H,49,56)/t38-,42+,45+/m1/s1. The number of aromatic nitrogens is 4. The van der Waals surface area contributed by atoms with Crippen molar-refractivity contribution in [1.29, 1.82) is 0 Å². The Morgan fingerprint density at radius 1 is 0.780 bits per heavy atom. The van der Waals surface area contributed by atoms with Gasteiger partial charge in [0.2, 0.25) is 17.0 Å². The molecule has 0 spiro atoms. The summed E-state index contributed by atoms with van der Waals surface area (Å²) in [6.07, 6.45) is 3.72. The van der Waals surface area contributed by atoms with E-state index in [4.69, 9.17) is 15.2 Å². The molecular weight excluding hydrogens is 763 g/mol. The molecule has 5 aromatic carbocycles. The Morgan fingerprint density at radius 2 is 1.47 bits per heavy atom. The number of carbonyl (C=O) groups excluding carboxylic acids is 2. The number of thioether (sulfide) groups is 1. The number of hydrogen-bond donors (Lipinski definition) is 4. The Morgan fingerprint density at radius 3 is 2.24 bits per heavy atom. The van der Waals surface area contributed by atoms with Crippen molar-refractivity contribution in [3.05, 3.63) is 150 Å². The summed E-state index contributed by atoms with van der Waals surface area (Å²) in [6, 6.07) is 41.1. The number of anilines is 2. The number of nitrogens with two attached hydrogens (primary N) is 1. The molecule has 2 amide bonds. The number of nitrogens with one attached hydrogen (secondary N) is 2. The maximum Gasteiger partial charge on any atom is 0.224 e. The van der Waals surface area contributed by atoms with Crippen molar-refractivity contribution in [1.82, 2.24) is 25.5 Å². The monoisotopic (exact) mass is 811 g/mol. The number of para-hydroxylation sites is 3. The highest BCUT2D eigenvalue weighted by Gasteiger charge is 2.33. The van der Waals surface area contributed by atoms with Gasteiger partial charge in [0, 0.05) is 37.1 Å². The Kier molecular flexibility index (Phi) is 14.5. The fourth-order valence-corrected chi connectivity index (χ4v) is 7.90. The maximum atomic E-state index is 12.8. The van der Waals surface area contributed by atoms with E-state index in [2.05, 4.69) is 44.4 Å². The minimum atomic E-state index is -0.614. The molecule has 1 fully saturated rings. The Balaban J connectivity index is 0.931. The number of hydrogen-bond acceptors (Lipinski definition) is 10. The van der Waals surface area contributed by atoms with Crippen LogP contribution in [0.25, 0.3) is 16.8 Å². The Hall–Kier alpha value is -5.86. The molecule has 1 aliphatic rings. The zero-order valence-corrected chi connectivity index (χ0v) is 33.6. The molecule has 6 aromatic rings. The Bertz CT molecular complexity index is 2270. The van der Waals surface area contributed by atoms with Crippen LogP contribution in [-0.2, 0) is 32.2 Å². The van der Waals surface area contributed by atoms with Crippen molar-refractivity contribution in [3.8, 4) is 16.8 Å². The summed E-state index contributed by atoms with van der Waals surface area (Å²) >= 11 is 1.54. The number of nitrogens with zero attached hydrogens (tertiary/aromatic N) is 4. The lowest BCUT2D eigenvalue weighted by Gasteiger charge is -2.36. The highest BCUT2D eigenvalue weighted by Crippen LogP contribution is 2.40. The smallest absolute Gasteiger partial charge is 0.224 e. The first-order valence-corrected chi connectivity index (χ1v) is 21.0. The molecule has 0 saturated carbocycles. The van der Waals surface area contributed by atoms with Gasteiger partial charge in [-0.3, -0.25) is 9.59 Å². The van der Waals surface area contributed by atoms with Gasteiger partial charge in [-0.05, 0) is 75.4 Å². The van der Waals surface area contributed by atoms with Crippen LogP contribution in [0, 0.1) is 0 Å². The fourth-order valence-electron chi connectivity index (χ4n) is 7.00. The van der Waals surface area contributed by atoms with Gasteiger partial charge in [-0.1, -0.05) is 128 Å². The quantitative estimate of drug-likeness (QED) is 0.0377. The molecule has 1 aliphatic heterocycles. The predicted molar refractivity (Wildman–Crippen MR) is 229 cm³/mol. The highest BCUT2D eigenvalue weighted by atomic mass is 32.2. The molecular formula is C46H49N7O5S. The minimum absolute atomic E-state index is 0.00359. The molecule has 0 bridgehead atoms. The van der Waals surface area contributed by atoms with Crippen molar-refractivity contribution in [2.75, 3.05) is 16.8 Å². The van der Waals surface area contributed by atoms with Crippen LogP contribution in [0.4, 0.5) is 11.4 Å². The molecule has 0 aliphatic carbocycles. The van der Waals surface area contributed by atoms with Crippen molar-refractivity contribution < 1.29 is 24.2 Å². The number of benzene rings is 5. The van der Waals surface area contributed by atoms with Gasteiger partial charge in [0.25, 0.3) is 0 Å². The first kappa shape index (κ1) is 41.3. The topological polar surface area (TPSA) is 167 Å². The van der Waals surface area contributed by atoms with Gasteiger partial charge in [0.1, 0.15) is 0 Å². The second-order valence-electron chi connectivity index (χ2n) is 14.5. The molecule has 3 atom stereocenters. The third kappa shape index (κ3) is 11.4. The summed E-state index contributed by atoms with van der Waals surface area (Å²) in [5.74, 6) is 0.558. The molecule has 0 unspecified atom stereocenters. The van der Waals surface area contributed by atoms with Crippen molar-refractivity contribution in [2.45, 2.75) is 81.8 Å². The van der Waals surface area contributed by atoms with Crippen LogP contribution in [0.15, 0.2) is 133 Å². The van der Waals surface area contributed by atoms with E-state index in [9.17, 15) is 14.7 Å². The van der Waals surface area contributed by atoms with Crippen molar-refractivity contribution in [2.24, 2.45) is 0 Å². The second-order valence-corrected chi connectivity index (χ2v) is 15.5. The van der Waals surface area contributed by atoms with E-state index in [1.165, 1.54) is 11.8 Å². The third-order valence-corrected chi connectivity index (χ3v) is 11.3. The molecule has 1 aromatic heterocycles. The predicted octanol–water partition coefficient (Wildman–Crippen LogP) is 8.34. The third-order valence-electron chi connectivity index (χ3n) is 10.2. The number of amides is 2. The molecule has 12 nitrogen and oxygen atoms in total. The lowest BCUT2D eigenvalue weighted by Crippen LogP contribution is -2.31. The summed E-state index contributed by atoms with van der Waals surface area (Å²) in [5, 5.41) is 28.6. The zero-order valence-electron chi connectivity index (χ0n) is 32.8. The number of carbonyl (C=O) groups is 2. The molecule has 59 heavy (non-hydrogen) atoms. The van der Waals surface area contributed by atoms with Crippen LogP contribution >= 0.6 is 11.8 Å². The summed E-state index contributed by atoms with van der Waals surface area (Å²) in [6.45, 7) is 0.393. The van der Waals surface area contributed by atoms with Crippen LogP contribution in [0.1, 0.15) is 79.6 Å². The molecule has 5 N–H and O–H groups in total. The summed E-state index contributed by atoms with van der Waals surface area (Å²) in [4.78, 5) is 25.1. The average molecular weight is 812 g/mol. The number of nitrogen functional groups attached to an aromatic ring is 1. The van der Waals surface area contributed by atoms with Crippen LogP contribution in [0.5, 0.6) is 0 Å². The molecule has 2 heterocycles. The number of ether oxygens (including phenoxy) is 2. The zero-order chi connectivity index (χ0) is 40.8. The second kappa shape index (κ2) is 20.7. The summed E-state index contributed by atoms with van der Waals surface area (Å²) in [5.41, 5.74) is 13.8. The minimum Gasteiger partial charge on any atom is -0.397 e. The van der Waals surface area contributed by atoms with Gasteiger partial charge in [-0.25, -0.2) is 0 Å². The van der Waals surface area contributed by atoms with Crippen molar-refractivity contribution in [3.63, 3.8) is 0 Å². The first-order chi connectivity index (χ1) is 28.9. The van der Waals surface area contributed by atoms with Crippen LogP contribution in [-0.4, -0.2) is 49.0 Å². The molecule has 7 rings (SSSR count). The number of tetrazole rings is 1. The molecule has 13 heteroatoms. The first-order valence-electron chi connectivity index (χ1n) is 20.0. The normalized spacial score (nSPS) is 16.4. The average Bonchev–Trinajstić information content (AvgIpc) is 3.76. The maximum absolute atomic E-state index is 12.8. The Labute approximate surface area is 348 Å². The SMILES string of the molecule is Nc1ccccc1NC(=O)CCCCCCC(=O)NCc1ccccc1-c1ccc([C@H]2O[C@@H](CSc3nnnn3-c3ccccc3)C[C@@H](c3ccc(CO)cc3)O2)cc1. The molecule has 1 saturated heterocycles. The number of rotatable bonds is 18. The highest BCUT2D eigenvalue weighted by molar-refractivity contribution is 7.99. The lowest BCUT2D eigenvalue weighted by molar-refractivity contribution is -0.245. The van der Waals surface area contributed by atoms with Crippen molar-refractivity contribution >= 4 is 35.0 Å². The lowest BCUT2D eigenvalue weighted by atomic mass is 9.97. The van der Waals surface area contributed by atoms with E-state index < -0.39 is 6.29 Å². The number of aliphatic hydroxyl groups is 1. The molecule has 0 radical (unpaired) electrons. The van der Waals surface area contributed by atoms with E-state index in [1.54, 1.807) is 16.8 Å². The number of aliphatic hydroxyl groups excluding tert-OH is 1. The van der Waals surface area contributed by atoms with E-state index in [0.29, 0.717) is 48.1 Å². The molecule has 304 valence electrons. The largest absolute Gasteiger partial charge is 0.397 e. The van der Waals surface area contributed by atoms with Gasteiger partial charge in [-0.2, -0.15) is 4.68 Å². The van der Waals surface area contributed by atoms with Crippen LogP contribution < -0.4 is 16.4 Å². The van der Waals surface area contributed by atoms with E-state index in [1.807, 2.05) is 97.1 Å². The van der Waals surface area contributed by atoms with E-state index in [0.717, 1.165) is 64.8 Å². The summed E-state index contributed by atoms with van der Waals surface area (Å²) in [7, 11) is 0. The summed E-state index contributed by atoms with van der Waals surface area (Å²) < 4.78 is 14.9.